The Morgan fingerprint density at radius 2 is 0.632 bits per heavy atom. The molecule has 0 fully saturated rings. The number of esters is 2. The van der Waals surface area contributed by atoms with E-state index in [1.807, 2.05) is 0 Å². The highest BCUT2D eigenvalue weighted by Gasteiger charge is 2.16. The summed E-state index contributed by atoms with van der Waals surface area (Å²) in [4.78, 5) is 24.4. The minimum atomic E-state index is -0.783. The Kier molecular flexibility index (Phi) is 54.5. The lowest BCUT2D eigenvalue weighted by molar-refractivity contribution is -0.161. The molecule has 5 nitrogen and oxygen atoms in total. The first-order chi connectivity index (χ1) is 33.6. The topological polar surface area (TPSA) is 72.8 Å². The molecule has 1 atom stereocenters. The summed E-state index contributed by atoms with van der Waals surface area (Å²) in [5, 5.41) is 9.63. The van der Waals surface area contributed by atoms with E-state index >= 15 is 0 Å². The summed E-state index contributed by atoms with van der Waals surface area (Å²) in [5.41, 5.74) is 0. The first-order valence-corrected chi connectivity index (χ1v) is 28.1. The van der Waals surface area contributed by atoms with Crippen molar-refractivity contribution in [3.63, 3.8) is 0 Å². The molecular weight excluding hydrogens is 837 g/mol. The van der Waals surface area contributed by atoms with Crippen molar-refractivity contribution in [2.75, 3.05) is 13.2 Å². The second-order valence-electron chi connectivity index (χ2n) is 18.3. The van der Waals surface area contributed by atoms with Gasteiger partial charge in [-0.05, 0) is 109 Å². The number of aliphatic hydroxyl groups excluding tert-OH is 1. The SMILES string of the molecule is CC/C=C\C/C=C\C/C=C\C/C=C\C/C=C\C/C=C\C/C=C\C/C=C\C/C=C\CCCCCCCCCCCCCC(=O)OC(CO)COC(=O)CCCCCCC/C=C\CCCCCCCC. The van der Waals surface area contributed by atoms with E-state index in [4.69, 9.17) is 9.47 Å². The highest BCUT2D eigenvalue weighted by atomic mass is 16.6. The fraction of sp³-hybridized carbons (Fsp3) is 0.651. The van der Waals surface area contributed by atoms with Crippen LogP contribution in [0.15, 0.2) is 122 Å². The third-order valence-electron chi connectivity index (χ3n) is 11.7. The van der Waals surface area contributed by atoms with E-state index in [-0.39, 0.29) is 25.2 Å². The van der Waals surface area contributed by atoms with Crippen molar-refractivity contribution in [1.29, 1.82) is 0 Å². The van der Waals surface area contributed by atoms with Gasteiger partial charge in [0.1, 0.15) is 6.61 Å². The maximum Gasteiger partial charge on any atom is 0.306 e. The normalized spacial score (nSPS) is 13.2. The molecule has 1 N–H and O–H groups in total. The predicted molar refractivity (Wildman–Crippen MR) is 297 cm³/mol. The van der Waals surface area contributed by atoms with Gasteiger partial charge in [-0.25, -0.2) is 0 Å². The predicted octanol–water partition coefficient (Wildman–Crippen LogP) is 19.1. The summed E-state index contributed by atoms with van der Waals surface area (Å²) in [6.45, 7) is 4.01. The average Bonchev–Trinajstić information content (AvgIpc) is 3.34. The summed E-state index contributed by atoms with van der Waals surface area (Å²) in [6.07, 6.45) is 84.5. The molecule has 1 unspecified atom stereocenters. The molecule has 0 amide bonds. The zero-order valence-electron chi connectivity index (χ0n) is 44.1. The van der Waals surface area contributed by atoms with Crippen LogP contribution in [0.3, 0.4) is 0 Å². The van der Waals surface area contributed by atoms with Crippen molar-refractivity contribution >= 4 is 11.9 Å². The van der Waals surface area contributed by atoms with Crippen LogP contribution in [0, 0.1) is 0 Å². The third-order valence-corrected chi connectivity index (χ3v) is 11.7. The zero-order valence-corrected chi connectivity index (χ0v) is 44.1. The van der Waals surface area contributed by atoms with Crippen LogP contribution in [0.25, 0.3) is 0 Å². The van der Waals surface area contributed by atoms with Crippen molar-refractivity contribution in [2.24, 2.45) is 0 Å². The quantitative estimate of drug-likeness (QED) is 0.0374. The van der Waals surface area contributed by atoms with Gasteiger partial charge in [-0.1, -0.05) is 245 Å². The molecule has 0 aliphatic rings. The van der Waals surface area contributed by atoms with E-state index in [0.29, 0.717) is 12.8 Å². The molecule has 68 heavy (non-hydrogen) atoms. The second-order valence-corrected chi connectivity index (χ2v) is 18.3. The molecule has 0 aromatic heterocycles. The molecule has 0 aliphatic carbocycles. The largest absolute Gasteiger partial charge is 0.462 e. The average molecular weight is 942 g/mol. The highest BCUT2D eigenvalue weighted by Crippen LogP contribution is 2.14. The molecule has 0 heterocycles. The highest BCUT2D eigenvalue weighted by molar-refractivity contribution is 5.70. The monoisotopic (exact) mass is 941 g/mol. The van der Waals surface area contributed by atoms with Crippen molar-refractivity contribution < 1.29 is 24.2 Å². The van der Waals surface area contributed by atoms with Crippen molar-refractivity contribution in [2.45, 2.75) is 251 Å². The van der Waals surface area contributed by atoms with Crippen LogP contribution < -0.4 is 0 Å². The smallest absolute Gasteiger partial charge is 0.306 e. The number of hydrogen-bond donors (Lipinski definition) is 1. The van der Waals surface area contributed by atoms with Crippen LogP contribution in [0.4, 0.5) is 0 Å². The fourth-order valence-electron chi connectivity index (χ4n) is 7.54. The van der Waals surface area contributed by atoms with Gasteiger partial charge in [-0.2, -0.15) is 0 Å². The maximum absolute atomic E-state index is 12.3. The van der Waals surface area contributed by atoms with Gasteiger partial charge in [-0.15, -0.1) is 0 Å². The number of carbonyl (C=O) groups excluding carboxylic acids is 2. The van der Waals surface area contributed by atoms with Gasteiger partial charge in [0.05, 0.1) is 6.61 Å². The Bertz CT molecular complexity index is 1390. The lowest BCUT2D eigenvalue weighted by Gasteiger charge is -2.15. The molecular formula is C63H104O5. The van der Waals surface area contributed by atoms with Gasteiger partial charge in [0, 0.05) is 12.8 Å². The molecule has 0 radical (unpaired) electrons. The molecule has 0 bridgehead atoms. The standard InChI is InChI=1S/C63H104O5/c1-3-5-7-9-11-13-15-17-19-20-21-22-23-24-25-26-27-28-29-30-31-32-33-34-35-36-37-38-39-40-41-42-44-46-48-50-52-54-56-58-63(66)68-61(59-64)60-67-62(65)57-55-53-51-49-47-45-43-18-16-14-12-10-8-6-4-2/h5,7,11,13,17-19,21-22,24-25,27-28,30-31,33-34,36-37,43,61,64H,3-4,6,8-10,12,14-16,20,23,26,29,32,35,38-42,44-60H2,1-2H3/b7-5-,13-11-,19-17-,22-21-,25-24-,28-27-,31-30-,34-33-,37-36-,43-18-. The summed E-state index contributed by atoms with van der Waals surface area (Å²) < 4.78 is 10.7. The number of hydrogen-bond acceptors (Lipinski definition) is 5. The summed E-state index contributed by atoms with van der Waals surface area (Å²) >= 11 is 0. The van der Waals surface area contributed by atoms with Gasteiger partial charge in [0.2, 0.25) is 0 Å². The molecule has 0 aromatic rings. The molecule has 0 aliphatic heterocycles. The van der Waals surface area contributed by atoms with E-state index in [0.717, 1.165) is 103 Å². The van der Waals surface area contributed by atoms with E-state index in [1.54, 1.807) is 0 Å². The van der Waals surface area contributed by atoms with Crippen LogP contribution in [0.2, 0.25) is 0 Å². The summed E-state index contributed by atoms with van der Waals surface area (Å²) in [6, 6.07) is 0. The first-order valence-electron chi connectivity index (χ1n) is 28.1. The third kappa shape index (κ3) is 54.9. The zero-order chi connectivity index (χ0) is 49.2. The summed E-state index contributed by atoms with van der Waals surface area (Å²) in [5.74, 6) is -0.606. The first kappa shape index (κ1) is 64.3. The number of unbranched alkanes of at least 4 members (excludes halogenated alkanes) is 22. The van der Waals surface area contributed by atoms with Crippen molar-refractivity contribution in [1.82, 2.24) is 0 Å². The molecule has 0 saturated heterocycles. The van der Waals surface area contributed by atoms with E-state index in [2.05, 4.69) is 135 Å². The maximum atomic E-state index is 12.3. The number of rotatable bonds is 50. The number of ether oxygens (including phenoxy) is 2. The molecule has 0 aromatic carbocycles. The van der Waals surface area contributed by atoms with Crippen molar-refractivity contribution in [3.05, 3.63) is 122 Å². The van der Waals surface area contributed by atoms with Gasteiger partial charge in [-0.3, -0.25) is 9.59 Å². The van der Waals surface area contributed by atoms with E-state index in [1.165, 1.54) is 116 Å². The summed E-state index contributed by atoms with van der Waals surface area (Å²) in [7, 11) is 0. The molecule has 386 valence electrons. The van der Waals surface area contributed by atoms with E-state index in [9.17, 15) is 14.7 Å². The number of carbonyl (C=O) groups is 2. The fourth-order valence-corrected chi connectivity index (χ4v) is 7.54. The number of allylic oxidation sites excluding steroid dienone is 20. The van der Waals surface area contributed by atoms with Gasteiger partial charge in [0.25, 0.3) is 0 Å². The van der Waals surface area contributed by atoms with Gasteiger partial charge >= 0.3 is 11.9 Å². The van der Waals surface area contributed by atoms with Crippen LogP contribution >= 0.6 is 0 Å². The van der Waals surface area contributed by atoms with Crippen LogP contribution in [0.1, 0.15) is 245 Å². The number of aliphatic hydroxyl groups is 1. The minimum Gasteiger partial charge on any atom is -0.462 e. The van der Waals surface area contributed by atoms with Crippen molar-refractivity contribution in [3.8, 4) is 0 Å². The van der Waals surface area contributed by atoms with Crippen LogP contribution in [-0.2, 0) is 19.1 Å². The Balaban J connectivity index is 3.57. The molecule has 0 rings (SSSR count). The Labute approximate surface area is 420 Å². The second kappa shape index (κ2) is 57.6. The van der Waals surface area contributed by atoms with E-state index < -0.39 is 6.10 Å². The Morgan fingerprint density at radius 3 is 0.971 bits per heavy atom. The van der Waals surface area contributed by atoms with Crippen LogP contribution in [0.5, 0.6) is 0 Å². The van der Waals surface area contributed by atoms with Crippen LogP contribution in [-0.4, -0.2) is 36.4 Å². The lowest BCUT2D eigenvalue weighted by Crippen LogP contribution is -2.28. The van der Waals surface area contributed by atoms with Gasteiger partial charge in [0.15, 0.2) is 6.10 Å². The molecule has 0 spiro atoms. The minimum absolute atomic E-state index is 0.0756. The molecule has 0 saturated carbocycles. The Morgan fingerprint density at radius 1 is 0.353 bits per heavy atom. The molecule has 5 heteroatoms. The lowest BCUT2D eigenvalue weighted by atomic mass is 10.0. The Hall–Kier alpha value is -3.70. The van der Waals surface area contributed by atoms with Gasteiger partial charge < -0.3 is 14.6 Å².